The number of ether oxygens (including phenoxy) is 1. The van der Waals surface area contributed by atoms with Gasteiger partial charge in [-0.2, -0.15) is 0 Å². The number of benzene rings is 3. The molecule has 2 saturated carbocycles. The highest BCUT2D eigenvalue weighted by Gasteiger charge is 2.56. The molecular formula is C34H34FN5O3. The molecule has 3 fully saturated rings. The lowest BCUT2D eigenvalue weighted by molar-refractivity contribution is 0.0858. The number of aromatic nitrogens is 3. The number of halogens is 1. The number of phenolic OH excluding ortho intramolecular Hbond substituents is 1. The lowest BCUT2D eigenvalue weighted by Gasteiger charge is -2.29. The van der Waals surface area contributed by atoms with Gasteiger partial charge in [-0.15, -0.1) is 0 Å². The number of piperidine rings is 1. The molecule has 8 nitrogen and oxygen atoms in total. The van der Waals surface area contributed by atoms with Gasteiger partial charge in [0, 0.05) is 42.7 Å². The molecule has 2 bridgehead atoms. The molecule has 2 aromatic heterocycles. The number of aromatic hydroxyl groups is 1. The van der Waals surface area contributed by atoms with E-state index in [0.29, 0.717) is 34.2 Å². The van der Waals surface area contributed by atoms with Gasteiger partial charge in [-0.25, -0.2) is 9.37 Å². The first kappa shape index (κ1) is 26.4. The van der Waals surface area contributed by atoms with Crippen molar-refractivity contribution in [2.24, 2.45) is 24.6 Å². The van der Waals surface area contributed by atoms with Crippen LogP contribution < -0.4 is 15.8 Å². The van der Waals surface area contributed by atoms with Gasteiger partial charge in [0.05, 0.1) is 29.4 Å². The molecule has 3 aliphatic rings. The number of ketones is 1. The fraction of sp³-hybridized carbons (Fsp3) is 0.353. The van der Waals surface area contributed by atoms with E-state index in [2.05, 4.69) is 22.0 Å². The fourth-order valence-electron chi connectivity index (χ4n) is 7.50. The largest absolute Gasteiger partial charge is 0.505 e. The van der Waals surface area contributed by atoms with Crippen LogP contribution in [0.15, 0.2) is 54.6 Å². The highest BCUT2D eigenvalue weighted by molar-refractivity contribution is 6.07. The molecule has 1 aliphatic heterocycles. The maximum Gasteiger partial charge on any atom is 0.184 e. The van der Waals surface area contributed by atoms with Gasteiger partial charge in [-0.3, -0.25) is 4.79 Å². The minimum absolute atomic E-state index is 0.000946. The molecule has 5 aromatic rings. The molecule has 0 unspecified atom stereocenters. The maximum absolute atomic E-state index is 14.4. The zero-order chi connectivity index (χ0) is 29.6. The van der Waals surface area contributed by atoms with Crippen LogP contribution in [0.3, 0.4) is 0 Å². The van der Waals surface area contributed by atoms with Gasteiger partial charge in [0.1, 0.15) is 11.3 Å². The number of nitrogens with zero attached hydrogens (tertiary/aromatic N) is 3. The van der Waals surface area contributed by atoms with Gasteiger partial charge in [0.25, 0.3) is 0 Å². The molecule has 4 N–H and O–H groups in total. The number of aryl methyl sites for hydroxylation is 1. The summed E-state index contributed by atoms with van der Waals surface area (Å²) in [6.07, 6.45) is 4.02. The van der Waals surface area contributed by atoms with Crippen LogP contribution in [0.25, 0.3) is 44.6 Å². The van der Waals surface area contributed by atoms with E-state index in [1.165, 1.54) is 12.1 Å². The summed E-state index contributed by atoms with van der Waals surface area (Å²) in [5.74, 6) is 1.22. The van der Waals surface area contributed by atoms with Crippen molar-refractivity contribution in [2.45, 2.75) is 43.8 Å². The van der Waals surface area contributed by atoms with Crippen LogP contribution in [0.4, 0.5) is 4.39 Å². The normalized spacial score (nSPS) is 23.1. The molecule has 1 saturated heterocycles. The smallest absolute Gasteiger partial charge is 0.184 e. The van der Waals surface area contributed by atoms with E-state index in [9.17, 15) is 14.3 Å². The third-order valence-electron chi connectivity index (χ3n) is 10.0. The minimum Gasteiger partial charge on any atom is -0.505 e. The highest BCUT2D eigenvalue weighted by Crippen LogP contribution is 2.43. The second kappa shape index (κ2) is 9.39. The third-order valence-corrected chi connectivity index (χ3v) is 10.0. The van der Waals surface area contributed by atoms with E-state index in [0.717, 1.165) is 72.3 Å². The number of methoxy groups -OCH3 is 1. The Bertz CT molecular complexity index is 1950. The number of phenols is 1. The second-order valence-corrected chi connectivity index (χ2v) is 12.5. The van der Waals surface area contributed by atoms with Crippen LogP contribution in [0.1, 0.15) is 36.0 Å². The van der Waals surface area contributed by atoms with E-state index < -0.39 is 11.4 Å². The number of imidazole rings is 1. The van der Waals surface area contributed by atoms with Gasteiger partial charge >= 0.3 is 0 Å². The molecule has 0 amide bonds. The molecular weight excluding hydrogens is 545 g/mol. The minimum atomic E-state index is -0.734. The Morgan fingerprint density at radius 1 is 1.16 bits per heavy atom. The van der Waals surface area contributed by atoms with Crippen LogP contribution in [-0.4, -0.2) is 50.2 Å². The molecule has 0 spiro atoms. The number of fused-ring (bicyclic) bond motifs is 4. The SMILES string of the molecule is COc1cc(C(=O)[C@]23CC[C@H](CN2)[C@H]3N)cc2nc(-c3cc4cccc(-c5ccc(O)c(F)c5)c4n3CC3CC3)n(C)c12. The molecule has 2 aliphatic carbocycles. The Balaban J connectivity index is 1.30. The van der Waals surface area contributed by atoms with Gasteiger partial charge in [-0.1, -0.05) is 24.3 Å². The lowest BCUT2D eigenvalue weighted by atomic mass is 9.85. The van der Waals surface area contributed by atoms with Gasteiger partial charge in [-0.05, 0) is 73.4 Å². The molecule has 0 radical (unpaired) electrons. The number of nitrogens with two attached hydrogens (primary N) is 1. The summed E-state index contributed by atoms with van der Waals surface area (Å²) in [6, 6.07) is 16.2. The van der Waals surface area contributed by atoms with E-state index >= 15 is 0 Å². The Labute approximate surface area is 248 Å². The standard InChI is InChI=1S/C34H34FN5O3/c1-39-30-25(13-22(15-28(30)43-2)32(42)34-11-10-21(16-37-34)31(34)36)38-33(39)26-14-20-4-3-5-23(19-8-9-27(41)24(35)12-19)29(20)40(26)17-18-6-7-18/h3-5,8-9,12-15,18,21,31,37,41H,6-7,10-11,16-17,36H2,1-2H3/t21-,31-,34-/m1/s1. The van der Waals surface area contributed by atoms with Crippen molar-refractivity contribution in [1.29, 1.82) is 0 Å². The monoisotopic (exact) mass is 579 g/mol. The van der Waals surface area contributed by atoms with Crippen molar-refractivity contribution in [3.05, 3.63) is 66.0 Å². The van der Waals surface area contributed by atoms with Gasteiger partial charge in [0.15, 0.2) is 23.2 Å². The lowest BCUT2D eigenvalue weighted by Crippen LogP contribution is -2.56. The molecule has 9 heteroatoms. The summed E-state index contributed by atoms with van der Waals surface area (Å²) in [5.41, 5.74) is 11.4. The summed E-state index contributed by atoms with van der Waals surface area (Å²) >= 11 is 0. The number of para-hydroxylation sites is 1. The number of Topliss-reactive ketones (excluding diaryl/α,β-unsaturated/α-hetero) is 1. The molecule has 3 heterocycles. The second-order valence-electron chi connectivity index (χ2n) is 12.5. The highest BCUT2D eigenvalue weighted by atomic mass is 19.1. The first-order valence-corrected chi connectivity index (χ1v) is 15.0. The number of carbonyl (C=O) groups is 1. The topological polar surface area (TPSA) is 107 Å². The van der Waals surface area contributed by atoms with Crippen molar-refractivity contribution >= 4 is 27.7 Å². The van der Waals surface area contributed by atoms with Crippen molar-refractivity contribution in [2.75, 3.05) is 13.7 Å². The van der Waals surface area contributed by atoms with Crippen LogP contribution in [0.2, 0.25) is 0 Å². The molecule has 43 heavy (non-hydrogen) atoms. The van der Waals surface area contributed by atoms with Crippen LogP contribution in [-0.2, 0) is 13.6 Å². The van der Waals surface area contributed by atoms with Gasteiger partial charge < -0.3 is 30.0 Å². The number of carbonyl (C=O) groups excluding carboxylic acids is 1. The number of nitrogens with one attached hydrogen (secondary N) is 1. The van der Waals surface area contributed by atoms with E-state index in [1.807, 2.05) is 35.9 Å². The van der Waals surface area contributed by atoms with E-state index in [4.69, 9.17) is 15.5 Å². The number of hydrogen-bond acceptors (Lipinski definition) is 6. The zero-order valence-corrected chi connectivity index (χ0v) is 24.2. The van der Waals surface area contributed by atoms with E-state index in [-0.39, 0.29) is 17.6 Å². The Kier molecular flexibility index (Phi) is 5.77. The fourth-order valence-corrected chi connectivity index (χ4v) is 7.50. The maximum atomic E-state index is 14.4. The molecule has 8 rings (SSSR count). The van der Waals surface area contributed by atoms with E-state index in [1.54, 1.807) is 13.2 Å². The Morgan fingerprint density at radius 2 is 2.00 bits per heavy atom. The molecule has 3 aromatic carbocycles. The Morgan fingerprint density at radius 3 is 2.67 bits per heavy atom. The van der Waals surface area contributed by atoms with Crippen molar-refractivity contribution < 1.29 is 19.0 Å². The van der Waals surface area contributed by atoms with Crippen molar-refractivity contribution in [3.8, 4) is 34.1 Å². The average molecular weight is 580 g/mol. The van der Waals surface area contributed by atoms with Crippen LogP contribution in [0, 0.1) is 17.7 Å². The number of rotatable bonds is 7. The molecule has 3 atom stereocenters. The summed E-state index contributed by atoms with van der Waals surface area (Å²) in [7, 11) is 3.59. The zero-order valence-electron chi connectivity index (χ0n) is 24.2. The molecule has 220 valence electrons. The third kappa shape index (κ3) is 3.87. The quantitative estimate of drug-likeness (QED) is 0.223. The summed E-state index contributed by atoms with van der Waals surface area (Å²) < 4.78 is 24.6. The first-order chi connectivity index (χ1) is 20.8. The predicted octanol–water partition coefficient (Wildman–Crippen LogP) is 5.39. The number of hydrogen-bond donors (Lipinski definition) is 3. The van der Waals surface area contributed by atoms with Gasteiger partial charge in [0.2, 0.25) is 0 Å². The Hall–Kier alpha value is -4.21. The summed E-state index contributed by atoms with van der Waals surface area (Å²) in [4.78, 5) is 19.1. The predicted molar refractivity (Wildman–Crippen MR) is 164 cm³/mol. The summed E-state index contributed by atoms with van der Waals surface area (Å²) in [5, 5.41) is 14.3. The van der Waals surface area contributed by atoms with Crippen molar-refractivity contribution in [3.63, 3.8) is 0 Å². The average Bonchev–Trinajstić information content (AvgIpc) is 3.43. The van der Waals surface area contributed by atoms with Crippen molar-refractivity contribution in [1.82, 2.24) is 19.4 Å². The van der Waals surface area contributed by atoms with Crippen LogP contribution in [0.5, 0.6) is 11.5 Å². The first-order valence-electron chi connectivity index (χ1n) is 15.0. The van der Waals surface area contributed by atoms with Crippen LogP contribution >= 0.6 is 0 Å². The summed E-state index contributed by atoms with van der Waals surface area (Å²) in [6.45, 7) is 1.58.